The van der Waals surface area contributed by atoms with Gasteiger partial charge in [-0.2, -0.15) is 0 Å². The van der Waals surface area contributed by atoms with Crippen LogP contribution in [0, 0.1) is 0 Å². The molecule has 7 heteroatoms. The van der Waals surface area contributed by atoms with E-state index in [0.717, 1.165) is 17.5 Å². The minimum absolute atomic E-state index is 0.220. The van der Waals surface area contributed by atoms with Crippen molar-refractivity contribution in [3.63, 3.8) is 0 Å². The van der Waals surface area contributed by atoms with Crippen LogP contribution >= 0.6 is 11.3 Å². The number of benzene rings is 1. The van der Waals surface area contributed by atoms with Crippen LogP contribution in [-0.2, 0) is 13.0 Å². The second-order valence-electron chi connectivity index (χ2n) is 6.25. The molecular weight excluding hydrogens is 370 g/mol. The number of rotatable bonds is 7. The smallest absolute Gasteiger partial charge is 0.274 e. The molecule has 6 nitrogen and oxygen atoms in total. The van der Waals surface area contributed by atoms with Gasteiger partial charge in [0.05, 0.1) is 6.54 Å². The summed E-state index contributed by atoms with van der Waals surface area (Å²) in [5, 5.41) is 13.4. The molecule has 28 heavy (non-hydrogen) atoms. The topological polar surface area (TPSA) is 72.7 Å². The zero-order valence-electron chi connectivity index (χ0n) is 15.2. The van der Waals surface area contributed by atoms with Crippen LogP contribution in [0.4, 0.5) is 0 Å². The van der Waals surface area contributed by atoms with E-state index in [0.29, 0.717) is 24.5 Å². The van der Waals surface area contributed by atoms with Gasteiger partial charge in [-0.1, -0.05) is 41.6 Å². The maximum atomic E-state index is 12.8. The molecule has 0 aliphatic rings. The first kappa shape index (κ1) is 18.1. The lowest BCUT2D eigenvalue weighted by molar-refractivity contribution is 0.0950. The van der Waals surface area contributed by atoms with Crippen LogP contribution in [0.5, 0.6) is 0 Å². The Labute approximate surface area is 166 Å². The third-order valence-electron chi connectivity index (χ3n) is 4.32. The normalized spacial score (nSPS) is 10.7. The van der Waals surface area contributed by atoms with Gasteiger partial charge in [0.15, 0.2) is 5.69 Å². The van der Waals surface area contributed by atoms with Crippen molar-refractivity contribution in [3.05, 3.63) is 88.5 Å². The number of carbonyl (C=O) groups excluding carboxylic acids is 1. The molecular formula is C21H19N5OS. The minimum atomic E-state index is -0.220. The lowest BCUT2D eigenvalue weighted by Crippen LogP contribution is -2.26. The average molecular weight is 389 g/mol. The third kappa shape index (κ3) is 4.15. The summed E-state index contributed by atoms with van der Waals surface area (Å²) in [7, 11) is 0. The molecule has 1 amide bonds. The second kappa shape index (κ2) is 8.58. The Hall–Kier alpha value is -3.32. The number of aromatic nitrogens is 4. The Bertz CT molecular complexity index is 1030. The highest BCUT2D eigenvalue weighted by Gasteiger charge is 2.21. The van der Waals surface area contributed by atoms with E-state index in [2.05, 4.69) is 26.7 Å². The number of nitrogens with one attached hydrogen (secondary N) is 1. The van der Waals surface area contributed by atoms with E-state index in [1.165, 1.54) is 4.88 Å². The summed E-state index contributed by atoms with van der Waals surface area (Å²) < 4.78 is 1.76. The fourth-order valence-corrected chi connectivity index (χ4v) is 3.68. The molecule has 3 heterocycles. The first-order chi connectivity index (χ1) is 13.8. The molecule has 3 aromatic heterocycles. The van der Waals surface area contributed by atoms with Gasteiger partial charge in [-0.15, -0.1) is 16.4 Å². The molecule has 0 saturated carbocycles. The Morgan fingerprint density at radius 2 is 1.86 bits per heavy atom. The van der Waals surface area contributed by atoms with Crippen molar-refractivity contribution < 1.29 is 4.79 Å². The SMILES string of the molecule is O=C(NCCc1cccs1)c1nnn(Cc2ccccc2)c1-c1ccncc1. The predicted molar refractivity (Wildman–Crippen MR) is 109 cm³/mol. The van der Waals surface area contributed by atoms with Gasteiger partial charge in [-0.3, -0.25) is 9.78 Å². The van der Waals surface area contributed by atoms with Gasteiger partial charge in [-0.05, 0) is 35.6 Å². The van der Waals surface area contributed by atoms with Crippen LogP contribution in [0.3, 0.4) is 0 Å². The molecule has 140 valence electrons. The van der Waals surface area contributed by atoms with Gasteiger partial charge in [-0.25, -0.2) is 4.68 Å². The van der Waals surface area contributed by atoms with Gasteiger partial charge >= 0.3 is 0 Å². The minimum Gasteiger partial charge on any atom is -0.350 e. The number of hydrogen-bond donors (Lipinski definition) is 1. The quantitative estimate of drug-likeness (QED) is 0.526. The van der Waals surface area contributed by atoms with Crippen molar-refractivity contribution in [1.29, 1.82) is 0 Å². The van der Waals surface area contributed by atoms with Crippen LogP contribution in [-0.4, -0.2) is 32.4 Å². The molecule has 0 radical (unpaired) electrons. The molecule has 0 atom stereocenters. The Kier molecular flexibility index (Phi) is 5.53. The van der Waals surface area contributed by atoms with Gasteiger partial charge < -0.3 is 5.32 Å². The van der Waals surface area contributed by atoms with E-state index in [-0.39, 0.29) is 5.91 Å². The summed E-state index contributed by atoms with van der Waals surface area (Å²) in [4.78, 5) is 18.1. The van der Waals surface area contributed by atoms with Gasteiger partial charge in [0.1, 0.15) is 5.69 Å². The highest BCUT2D eigenvalue weighted by atomic mass is 32.1. The summed E-state index contributed by atoms with van der Waals surface area (Å²) >= 11 is 1.69. The molecule has 0 saturated heterocycles. The van der Waals surface area contributed by atoms with Crippen LogP contribution in [0.1, 0.15) is 20.9 Å². The van der Waals surface area contributed by atoms with Gasteiger partial charge in [0.2, 0.25) is 0 Å². The number of amides is 1. The third-order valence-corrected chi connectivity index (χ3v) is 5.25. The fourth-order valence-electron chi connectivity index (χ4n) is 2.97. The van der Waals surface area contributed by atoms with Crippen molar-refractivity contribution in [2.75, 3.05) is 6.54 Å². The predicted octanol–water partition coefficient (Wildman–Crippen LogP) is 3.42. The molecule has 0 aliphatic heterocycles. The number of hydrogen-bond acceptors (Lipinski definition) is 5. The maximum Gasteiger partial charge on any atom is 0.274 e. The van der Waals surface area contributed by atoms with Crippen molar-refractivity contribution in [3.8, 4) is 11.3 Å². The van der Waals surface area contributed by atoms with E-state index in [9.17, 15) is 4.79 Å². The standard InChI is InChI=1S/C21H19N5OS/c27-21(23-13-10-18-7-4-14-28-18)19-20(17-8-11-22-12-9-17)26(25-24-19)15-16-5-2-1-3-6-16/h1-9,11-12,14H,10,13,15H2,(H,23,27). The first-order valence-electron chi connectivity index (χ1n) is 8.99. The zero-order chi connectivity index (χ0) is 19.2. The van der Waals surface area contributed by atoms with E-state index < -0.39 is 0 Å². The molecule has 0 aliphatic carbocycles. The second-order valence-corrected chi connectivity index (χ2v) is 7.28. The molecule has 1 aromatic carbocycles. The molecule has 1 N–H and O–H groups in total. The monoisotopic (exact) mass is 389 g/mol. The molecule has 0 bridgehead atoms. The number of thiophene rings is 1. The van der Waals surface area contributed by atoms with Gasteiger partial charge in [0.25, 0.3) is 5.91 Å². The van der Waals surface area contributed by atoms with Crippen molar-refractivity contribution in [1.82, 2.24) is 25.3 Å². The summed E-state index contributed by atoms with van der Waals surface area (Å²) in [5.41, 5.74) is 2.97. The Balaban J connectivity index is 1.58. The molecule has 4 rings (SSSR count). The summed E-state index contributed by atoms with van der Waals surface area (Å²) in [6.45, 7) is 1.09. The van der Waals surface area contributed by atoms with Crippen LogP contribution in [0.15, 0.2) is 72.4 Å². The van der Waals surface area contributed by atoms with E-state index >= 15 is 0 Å². The number of nitrogens with zero attached hydrogens (tertiary/aromatic N) is 4. The van der Waals surface area contributed by atoms with Crippen molar-refractivity contribution in [2.24, 2.45) is 0 Å². The van der Waals surface area contributed by atoms with Gasteiger partial charge in [0, 0.05) is 29.4 Å². The molecule has 4 aromatic rings. The van der Waals surface area contributed by atoms with Crippen molar-refractivity contribution >= 4 is 17.2 Å². The Morgan fingerprint density at radius 3 is 2.61 bits per heavy atom. The molecule has 0 spiro atoms. The molecule has 0 fully saturated rings. The first-order valence-corrected chi connectivity index (χ1v) is 9.87. The summed E-state index contributed by atoms with van der Waals surface area (Å²) in [6.07, 6.45) is 4.20. The molecule has 0 unspecified atom stereocenters. The lowest BCUT2D eigenvalue weighted by Gasteiger charge is -2.09. The van der Waals surface area contributed by atoms with E-state index in [4.69, 9.17) is 0 Å². The highest BCUT2D eigenvalue weighted by Crippen LogP contribution is 2.22. The number of pyridine rings is 1. The lowest BCUT2D eigenvalue weighted by atomic mass is 10.1. The van der Waals surface area contributed by atoms with E-state index in [1.54, 1.807) is 28.4 Å². The largest absolute Gasteiger partial charge is 0.350 e. The highest BCUT2D eigenvalue weighted by molar-refractivity contribution is 7.09. The van der Waals surface area contributed by atoms with Crippen LogP contribution in [0.2, 0.25) is 0 Å². The Morgan fingerprint density at radius 1 is 1.04 bits per heavy atom. The van der Waals surface area contributed by atoms with Crippen molar-refractivity contribution in [2.45, 2.75) is 13.0 Å². The zero-order valence-corrected chi connectivity index (χ0v) is 16.0. The summed E-state index contributed by atoms with van der Waals surface area (Å²) in [5.74, 6) is -0.220. The maximum absolute atomic E-state index is 12.8. The van der Waals surface area contributed by atoms with E-state index in [1.807, 2.05) is 53.9 Å². The van der Waals surface area contributed by atoms with Crippen LogP contribution in [0.25, 0.3) is 11.3 Å². The van der Waals surface area contributed by atoms with Crippen LogP contribution < -0.4 is 5.32 Å². The fraction of sp³-hybridized carbons (Fsp3) is 0.143. The number of carbonyl (C=O) groups is 1. The summed E-state index contributed by atoms with van der Waals surface area (Å²) in [6, 6.07) is 17.8. The average Bonchev–Trinajstić information content (AvgIpc) is 3.39.